The fraction of sp³-hybridized carbons (Fsp3) is 0.538. The second-order valence-corrected chi connectivity index (χ2v) is 4.20. The molecule has 0 fully saturated rings. The summed E-state index contributed by atoms with van der Waals surface area (Å²) >= 11 is 0. The Hall–Kier alpha value is -0.930. The standard InChI is InChI=1S/C13H20FNO/c1-4-12(16)8-15-10(3)11-6-5-9(2)13(14)7-11/h5-7,10,12,15-16H,4,8H2,1-3H3/t10-,12-/m1/s1. The van der Waals surface area contributed by atoms with Crippen molar-refractivity contribution in [3.05, 3.63) is 35.1 Å². The molecule has 90 valence electrons. The fourth-order valence-electron chi connectivity index (χ4n) is 1.45. The van der Waals surface area contributed by atoms with E-state index >= 15 is 0 Å². The van der Waals surface area contributed by atoms with Gasteiger partial charge in [-0.25, -0.2) is 4.39 Å². The van der Waals surface area contributed by atoms with Crippen LogP contribution in [0.1, 0.15) is 37.4 Å². The summed E-state index contributed by atoms with van der Waals surface area (Å²) < 4.78 is 13.3. The Bertz CT molecular complexity index is 341. The Morgan fingerprint density at radius 3 is 2.69 bits per heavy atom. The Morgan fingerprint density at radius 2 is 2.12 bits per heavy atom. The highest BCUT2D eigenvalue weighted by Crippen LogP contribution is 2.16. The van der Waals surface area contributed by atoms with Crippen molar-refractivity contribution in [2.75, 3.05) is 6.54 Å². The lowest BCUT2D eigenvalue weighted by Crippen LogP contribution is -2.28. The Labute approximate surface area is 96.5 Å². The average Bonchev–Trinajstić information content (AvgIpc) is 2.29. The van der Waals surface area contributed by atoms with Crippen LogP contribution in [0.2, 0.25) is 0 Å². The molecule has 0 radical (unpaired) electrons. The molecule has 0 unspecified atom stereocenters. The normalized spacial score (nSPS) is 14.8. The maximum absolute atomic E-state index is 13.3. The molecule has 1 rings (SSSR count). The fourth-order valence-corrected chi connectivity index (χ4v) is 1.45. The average molecular weight is 225 g/mol. The van der Waals surface area contributed by atoms with Crippen LogP contribution in [-0.4, -0.2) is 17.8 Å². The van der Waals surface area contributed by atoms with Gasteiger partial charge in [0.25, 0.3) is 0 Å². The van der Waals surface area contributed by atoms with Crippen LogP contribution in [0.25, 0.3) is 0 Å². The minimum atomic E-state index is -0.335. The Balaban J connectivity index is 2.59. The van der Waals surface area contributed by atoms with Crippen LogP contribution in [0.4, 0.5) is 4.39 Å². The Morgan fingerprint density at radius 1 is 1.44 bits per heavy atom. The summed E-state index contributed by atoms with van der Waals surface area (Å²) in [7, 11) is 0. The zero-order valence-electron chi connectivity index (χ0n) is 10.1. The largest absolute Gasteiger partial charge is 0.392 e. The summed E-state index contributed by atoms with van der Waals surface area (Å²) in [6.45, 7) is 6.18. The molecule has 1 aromatic rings. The van der Waals surface area contributed by atoms with E-state index in [0.717, 1.165) is 12.0 Å². The van der Waals surface area contributed by atoms with Crippen LogP contribution in [0.5, 0.6) is 0 Å². The number of rotatable bonds is 5. The third-order valence-electron chi connectivity index (χ3n) is 2.83. The van der Waals surface area contributed by atoms with Gasteiger partial charge >= 0.3 is 0 Å². The number of hydrogen-bond donors (Lipinski definition) is 2. The van der Waals surface area contributed by atoms with Crippen molar-refractivity contribution in [1.82, 2.24) is 5.32 Å². The Kier molecular flexibility index (Phi) is 4.90. The van der Waals surface area contributed by atoms with E-state index in [-0.39, 0.29) is 18.0 Å². The van der Waals surface area contributed by atoms with Crippen LogP contribution in [-0.2, 0) is 0 Å². The first-order valence-corrected chi connectivity index (χ1v) is 5.72. The van der Waals surface area contributed by atoms with Crippen molar-refractivity contribution in [2.45, 2.75) is 39.3 Å². The van der Waals surface area contributed by atoms with Crippen molar-refractivity contribution in [3.63, 3.8) is 0 Å². The summed E-state index contributed by atoms with van der Waals surface area (Å²) in [5.41, 5.74) is 1.57. The SMILES string of the molecule is CC[C@@H](O)CN[C@H](C)c1ccc(C)c(F)c1. The van der Waals surface area contributed by atoms with Gasteiger partial charge in [0.2, 0.25) is 0 Å². The number of aryl methyl sites for hydroxylation is 1. The third kappa shape index (κ3) is 3.58. The first-order valence-electron chi connectivity index (χ1n) is 5.72. The second kappa shape index (κ2) is 5.97. The van der Waals surface area contributed by atoms with Gasteiger partial charge in [-0.15, -0.1) is 0 Å². The second-order valence-electron chi connectivity index (χ2n) is 4.20. The van der Waals surface area contributed by atoms with Crippen LogP contribution in [0.3, 0.4) is 0 Å². The molecule has 0 amide bonds. The molecule has 2 atom stereocenters. The van der Waals surface area contributed by atoms with E-state index in [1.165, 1.54) is 0 Å². The molecule has 2 N–H and O–H groups in total. The molecule has 0 spiro atoms. The topological polar surface area (TPSA) is 32.3 Å². The minimum absolute atomic E-state index is 0.0521. The molecule has 0 aliphatic rings. The zero-order chi connectivity index (χ0) is 12.1. The summed E-state index contributed by atoms with van der Waals surface area (Å²) in [4.78, 5) is 0. The molecule has 1 aromatic carbocycles. The van der Waals surface area contributed by atoms with Gasteiger partial charge in [-0.05, 0) is 37.5 Å². The van der Waals surface area contributed by atoms with Crippen molar-refractivity contribution < 1.29 is 9.50 Å². The van der Waals surface area contributed by atoms with E-state index in [9.17, 15) is 9.50 Å². The molecule has 0 saturated heterocycles. The monoisotopic (exact) mass is 225 g/mol. The van der Waals surface area contributed by atoms with Crippen molar-refractivity contribution in [2.24, 2.45) is 0 Å². The molecular weight excluding hydrogens is 205 g/mol. The van der Waals surface area contributed by atoms with Gasteiger partial charge in [-0.3, -0.25) is 0 Å². The first-order chi connectivity index (χ1) is 7.54. The van der Waals surface area contributed by atoms with Crippen LogP contribution in [0, 0.1) is 12.7 Å². The minimum Gasteiger partial charge on any atom is -0.392 e. The first kappa shape index (κ1) is 13.1. The quantitative estimate of drug-likeness (QED) is 0.807. The van der Waals surface area contributed by atoms with Gasteiger partial charge in [-0.2, -0.15) is 0 Å². The number of nitrogens with one attached hydrogen (secondary N) is 1. The molecule has 0 bridgehead atoms. The molecule has 2 nitrogen and oxygen atoms in total. The molecule has 0 saturated carbocycles. The number of aliphatic hydroxyl groups is 1. The molecule has 0 aromatic heterocycles. The van der Waals surface area contributed by atoms with Gasteiger partial charge in [0, 0.05) is 12.6 Å². The van der Waals surface area contributed by atoms with E-state index in [0.29, 0.717) is 12.1 Å². The molecule has 0 heterocycles. The van der Waals surface area contributed by atoms with Crippen molar-refractivity contribution >= 4 is 0 Å². The predicted molar refractivity (Wildman–Crippen MR) is 63.9 cm³/mol. The number of hydrogen-bond acceptors (Lipinski definition) is 2. The predicted octanol–water partition coefficient (Wildman–Crippen LogP) is 2.56. The molecular formula is C13H20FNO. The van der Waals surface area contributed by atoms with E-state index < -0.39 is 0 Å². The van der Waals surface area contributed by atoms with Gasteiger partial charge in [-0.1, -0.05) is 19.1 Å². The van der Waals surface area contributed by atoms with Gasteiger partial charge in [0.1, 0.15) is 5.82 Å². The van der Waals surface area contributed by atoms with Gasteiger partial charge in [0.05, 0.1) is 6.10 Å². The lowest BCUT2D eigenvalue weighted by Gasteiger charge is -2.17. The van der Waals surface area contributed by atoms with Crippen molar-refractivity contribution in [1.29, 1.82) is 0 Å². The van der Waals surface area contributed by atoms with E-state index in [2.05, 4.69) is 5.32 Å². The van der Waals surface area contributed by atoms with E-state index in [1.807, 2.05) is 19.9 Å². The lowest BCUT2D eigenvalue weighted by molar-refractivity contribution is 0.163. The van der Waals surface area contributed by atoms with Crippen LogP contribution in [0.15, 0.2) is 18.2 Å². The summed E-state index contributed by atoms with van der Waals surface area (Å²) in [5, 5.41) is 12.6. The van der Waals surface area contributed by atoms with E-state index in [1.54, 1.807) is 19.1 Å². The third-order valence-corrected chi connectivity index (χ3v) is 2.83. The van der Waals surface area contributed by atoms with E-state index in [4.69, 9.17) is 0 Å². The molecule has 0 aliphatic heterocycles. The molecule has 3 heteroatoms. The number of halogens is 1. The highest BCUT2D eigenvalue weighted by atomic mass is 19.1. The summed E-state index contributed by atoms with van der Waals surface area (Å²) in [6.07, 6.45) is 0.389. The number of benzene rings is 1. The van der Waals surface area contributed by atoms with Crippen molar-refractivity contribution in [3.8, 4) is 0 Å². The summed E-state index contributed by atoms with van der Waals surface area (Å²) in [6, 6.07) is 5.29. The van der Waals surface area contributed by atoms with Crippen LogP contribution >= 0.6 is 0 Å². The maximum atomic E-state index is 13.3. The smallest absolute Gasteiger partial charge is 0.126 e. The highest BCUT2D eigenvalue weighted by Gasteiger charge is 2.08. The molecule has 16 heavy (non-hydrogen) atoms. The zero-order valence-corrected chi connectivity index (χ0v) is 10.1. The van der Waals surface area contributed by atoms with Gasteiger partial charge in [0.15, 0.2) is 0 Å². The highest BCUT2D eigenvalue weighted by molar-refractivity contribution is 5.25. The number of aliphatic hydroxyl groups excluding tert-OH is 1. The molecule has 0 aliphatic carbocycles. The lowest BCUT2D eigenvalue weighted by atomic mass is 10.1. The maximum Gasteiger partial charge on any atom is 0.126 e. The van der Waals surface area contributed by atoms with Crippen LogP contribution < -0.4 is 5.32 Å². The summed E-state index contributed by atoms with van der Waals surface area (Å²) in [5.74, 6) is -0.179. The van der Waals surface area contributed by atoms with Gasteiger partial charge < -0.3 is 10.4 Å².